The third kappa shape index (κ3) is 13.0. The van der Waals surface area contributed by atoms with Crippen molar-refractivity contribution in [1.29, 1.82) is 0 Å². The minimum Gasteiger partial charge on any atom is -0.491 e. The molecule has 0 spiro atoms. The smallest absolute Gasteiger partial charge is 0.160 e. The van der Waals surface area contributed by atoms with Crippen LogP contribution >= 0.6 is 21.6 Å². The molecule has 0 atom stereocenters. The second-order valence-corrected chi connectivity index (χ2v) is 8.44. The normalized spacial score (nSPS) is 11.0. The van der Waals surface area contributed by atoms with E-state index >= 15 is 0 Å². The first-order valence-corrected chi connectivity index (χ1v) is 11.7. The number of nitrogens with one attached hydrogen (secondary N) is 1. The molecule has 1 N–H and O–H groups in total. The quantitative estimate of drug-likeness (QED) is 0.234. The standard InChI is InChI=1S/C19H31NO5S2/c1-16(2)19(21)14-24-11-10-22-8-9-23-12-13-25-18-6-4-17(5-7-18)20-15-27-26-3/h4-7,16,20H,8-15H2,1-3H3. The predicted octanol–water partition coefficient (Wildman–Crippen LogP) is 3.72. The second kappa shape index (κ2) is 16.1. The Labute approximate surface area is 170 Å². The van der Waals surface area contributed by atoms with E-state index < -0.39 is 0 Å². The highest BCUT2D eigenvalue weighted by molar-refractivity contribution is 8.76. The van der Waals surface area contributed by atoms with E-state index in [0.717, 1.165) is 17.3 Å². The van der Waals surface area contributed by atoms with Crippen molar-refractivity contribution in [2.75, 3.05) is 63.7 Å². The van der Waals surface area contributed by atoms with Crippen LogP contribution in [0.2, 0.25) is 0 Å². The minimum absolute atomic E-state index is 0.0141. The van der Waals surface area contributed by atoms with E-state index in [1.807, 2.05) is 38.1 Å². The average Bonchev–Trinajstić information content (AvgIpc) is 2.67. The molecule has 0 radical (unpaired) electrons. The van der Waals surface area contributed by atoms with Crippen LogP contribution < -0.4 is 10.1 Å². The van der Waals surface area contributed by atoms with Gasteiger partial charge >= 0.3 is 0 Å². The van der Waals surface area contributed by atoms with Gasteiger partial charge in [-0.15, -0.1) is 0 Å². The zero-order valence-electron chi connectivity index (χ0n) is 16.4. The summed E-state index contributed by atoms with van der Waals surface area (Å²) in [6, 6.07) is 7.89. The number of Topliss-reactive ketones (excluding diaryl/α,β-unsaturated/α-hetero) is 1. The van der Waals surface area contributed by atoms with Crippen molar-refractivity contribution in [3.63, 3.8) is 0 Å². The van der Waals surface area contributed by atoms with Gasteiger partial charge in [-0.1, -0.05) is 35.4 Å². The summed E-state index contributed by atoms with van der Waals surface area (Å²) in [7, 11) is 3.50. The summed E-state index contributed by atoms with van der Waals surface area (Å²) in [5, 5.41) is 3.31. The number of carbonyl (C=O) groups is 1. The molecule has 0 unspecified atom stereocenters. The zero-order chi connectivity index (χ0) is 19.7. The lowest BCUT2D eigenvalue weighted by Crippen LogP contribution is -2.17. The predicted molar refractivity (Wildman–Crippen MR) is 114 cm³/mol. The molecule has 154 valence electrons. The molecular formula is C19H31NO5S2. The van der Waals surface area contributed by atoms with Crippen LogP contribution in [0.1, 0.15) is 13.8 Å². The minimum atomic E-state index is 0.0141. The summed E-state index contributed by atoms with van der Waals surface area (Å²) in [5.41, 5.74) is 1.08. The lowest BCUT2D eigenvalue weighted by molar-refractivity contribution is -0.127. The maximum atomic E-state index is 11.3. The first-order valence-electron chi connectivity index (χ1n) is 9.01. The van der Waals surface area contributed by atoms with Gasteiger partial charge in [0.05, 0.1) is 38.9 Å². The van der Waals surface area contributed by atoms with Gasteiger partial charge < -0.3 is 24.3 Å². The van der Waals surface area contributed by atoms with Crippen molar-refractivity contribution >= 4 is 33.1 Å². The molecule has 1 aromatic carbocycles. The van der Waals surface area contributed by atoms with Crippen molar-refractivity contribution in [3.05, 3.63) is 24.3 Å². The van der Waals surface area contributed by atoms with Crippen molar-refractivity contribution in [2.24, 2.45) is 5.92 Å². The Kier molecular flexibility index (Phi) is 14.3. The molecule has 8 heteroatoms. The van der Waals surface area contributed by atoms with Crippen LogP contribution in [-0.2, 0) is 19.0 Å². The van der Waals surface area contributed by atoms with Crippen LogP contribution in [0.15, 0.2) is 24.3 Å². The Morgan fingerprint density at radius 2 is 1.56 bits per heavy atom. The monoisotopic (exact) mass is 417 g/mol. The van der Waals surface area contributed by atoms with Gasteiger partial charge in [0.15, 0.2) is 5.78 Å². The maximum absolute atomic E-state index is 11.3. The number of benzene rings is 1. The van der Waals surface area contributed by atoms with Gasteiger partial charge in [-0.2, -0.15) is 0 Å². The van der Waals surface area contributed by atoms with E-state index in [2.05, 4.69) is 11.6 Å². The van der Waals surface area contributed by atoms with Gasteiger partial charge in [0.1, 0.15) is 19.0 Å². The number of anilines is 1. The second-order valence-electron chi connectivity index (χ2n) is 5.88. The molecule has 0 saturated heterocycles. The Morgan fingerprint density at radius 1 is 0.963 bits per heavy atom. The molecule has 1 aromatic rings. The molecule has 0 aliphatic rings. The number of hydrogen-bond acceptors (Lipinski definition) is 8. The first-order chi connectivity index (χ1) is 13.1. The van der Waals surface area contributed by atoms with Crippen LogP contribution in [0.4, 0.5) is 5.69 Å². The van der Waals surface area contributed by atoms with Crippen molar-refractivity contribution in [2.45, 2.75) is 13.8 Å². The number of carbonyl (C=O) groups excluding carboxylic acids is 1. The van der Waals surface area contributed by atoms with Gasteiger partial charge in [0.25, 0.3) is 0 Å². The number of rotatable bonds is 17. The molecule has 0 aromatic heterocycles. The van der Waals surface area contributed by atoms with Crippen molar-refractivity contribution in [1.82, 2.24) is 0 Å². The number of hydrogen-bond donors (Lipinski definition) is 1. The zero-order valence-corrected chi connectivity index (χ0v) is 18.0. The fraction of sp³-hybridized carbons (Fsp3) is 0.632. The summed E-state index contributed by atoms with van der Waals surface area (Å²) in [5.74, 6) is 1.82. The van der Waals surface area contributed by atoms with E-state index in [1.54, 1.807) is 21.6 Å². The summed E-state index contributed by atoms with van der Waals surface area (Å²) >= 11 is 0. The molecule has 0 amide bonds. The highest BCUT2D eigenvalue weighted by Gasteiger charge is 2.06. The molecule has 0 aliphatic carbocycles. The third-order valence-electron chi connectivity index (χ3n) is 3.44. The molecular weight excluding hydrogens is 386 g/mol. The maximum Gasteiger partial charge on any atom is 0.160 e. The largest absolute Gasteiger partial charge is 0.491 e. The van der Waals surface area contributed by atoms with Crippen molar-refractivity contribution < 1.29 is 23.7 Å². The molecule has 0 heterocycles. The van der Waals surface area contributed by atoms with E-state index in [4.69, 9.17) is 18.9 Å². The van der Waals surface area contributed by atoms with Crippen LogP contribution in [0.25, 0.3) is 0 Å². The summed E-state index contributed by atoms with van der Waals surface area (Å²) < 4.78 is 21.7. The van der Waals surface area contributed by atoms with Gasteiger partial charge in [0.2, 0.25) is 0 Å². The highest BCUT2D eigenvalue weighted by Crippen LogP contribution is 2.19. The average molecular weight is 418 g/mol. The van der Waals surface area contributed by atoms with Gasteiger partial charge in [-0.3, -0.25) is 4.79 Å². The molecule has 27 heavy (non-hydrogen) atoms. The fourth-order valence-electron chi connectivity index (χ4n) is 1.84. The summed E-state index contributed by atoms with van der Waals surface area (Å²) in [6.07, 6.45) is 2.06. The Bertz CT molecular complexity index is 499. The third-order valence-corrected chi connectivity index (χ3v) is 4.99. The topological polar surface area (TPSA) is 66.0 Å². The molecule has 6 nitrogen and oxygen atoms in total. The molecule has 1 rings (SSSR count). The Morgan fingerprint density at radius 3 is 2.15 bits per heavy atom. The molecule has 0 fully saturated rings. The van der Waals surface area contributed by atoms with Gasteiger partial charge in [-0.25, -0.2) is 0 Å². The van der Waals surface area contributed by atoms with Crippen LogP contribution in [-0.4, -0.2) is 64.2 Å². The molecule has 0 aliphatic heterocycles. The summed E-state index contributed by atoms with van der Waals surface area (Å²) in [6.45, 7) is 6.76. The Balaban J connectivity index is 1.92. The molecule has 0 bridgehead atoms. The molecule has 0 saturated carbocycles. The van der Waals surface area contributed by atoms with E-state index in [-0.39, 0.29) is 18.3 Å². The van der Waals surface area contributed by atoms with E-state index in [0.29, 0.717) is 39.6 Å². The first kappa shape index (κ1) is 24.1. The van der Waals surface area contributed by atoms with E-state index in [1.165, 1.54) is 0 Å². The fourth-order valence-corrected chi connectivity index (χ4v) is 2.71. The van der Waals surface area contributed by atoms with Gasteiger partial charge in [-0.05, 0) is 30.5 Å². The van der Waals surface area contributed by atoms with Crippen LogP contribution in [0, 0.1) is 5.92 Å². The lowest BCUT2D eigenvalue weighted by Gasteiger charge is -2.09. The summed E-state index contributed by atoms with van der Waals surface area (Å²) in [4.78, 5) is 11.3. The lowest BCUT2D eigenvalue weighted by atomic mass is 10.1. The van der Waals surface area contributed by atoms with Crippen LogP contribution in [0.3, 0.4) is 0 Å². The highest BCUT2D eigenvalue weighted by atomic mass is 33.1. The number of ether oxygens (including phenoxy) is 4. The Hall–Kier alpha value is -0.930. The van der Waals surface area contributed by atoms with Crippen molar-refractivity contribution in [3.8, 4) is 5.75 Å². The van der Waals surface area contributed by atoms with Gasteiger partial charge in [0, 0.05) is 11.6 Å². The van der Waals surface area contributed by atoms with Crippen LogP contribution in [0.5, 0.6) is 5.75 Å². The SMILES string of the molecule is CSSCNc1ccc(OCCOCCOCCOCC(=O)C(C)C)cc1. The van der Waals surface area contributed by atoms with E-state index in [9.17, 15) is 4.79 Å². The number of ketones is 1.